The van der Waals surface area contributed by atoms with E-state index >= 15 is 0 Å². The Morgan fingerprint density at radius 3 is 2.68 bits per heavy atom. The molecule has 1 amide bonds. The maximum atomic E-state index is 12.1. The number of nitrogens with one attached hydrogen (secondary N) is 1. The number of thioether (sulfide) groups is 1. The van der Waals surface area contributed by atoms with Crippen molar-refractivity contribution in [1.82, 2.24) is 5.32 Å². The van der Waals surface area contributed by atoms with E-state index in [1.807, 2.05) is 11.8 Å². The Kier molecular flexibility index (Phi) is 5.46. The van der Waals surface area contributed by atoms with E-state index in [0.29, 0.717) is 11.0 Å². The molecule has 2 aliphatic carbocycles. The van der Waals surface area contributed by atoms with Gasteiger partial charge in [0.1, 0.15) is 0 Å². The average molecular weight is 317 g/mol. The van der Waals surface area contributed by atoms with Gasteiger partial charge in [-0.25, -0.2) is 0 Å². The lowest BCUT2D eigenvalue weighted by atomic mass is 9.89. The van der Waals surface area contributed by atoms with E-state index in [0.717, 1.165) is 0 Å². The molecular weight excluding hydrogens is 290 g/mol. The van der Waals surface area contributed by atoms with Crippen molar-refractivity contribution in [3.8, 4) is 0 Å². The number of fused-ring (bicyclic) bond motifs is 1. The monoisotopic (exact) mass is 317 g/mol. The first-order chi connectivity index (χ1) is 10.7. The number of aryl methyl sites for hydroxylation is 2. The van der Waals surface area contributed by atoms with Gasteiger partial charge in [-0.1, -0.05) is 31.0 Å². The van der Waals surface area contributed by atoms with Crippen LogP contribution in [0.5, 0.6) is 0 Å². The van der Waals surface area contributed by atoms with E-state index in [-0.39, 0.29) is 11.9 Å². The predicted molar refractivity (Wildman–Crippen MR) is 94.4 cm³/mol. The molecule has 0 spiro atoms. The zero-order valence-electron chi connectivity index (χ0n) is 13.6. The molecule has 3 rings (SSSR count). The first-order valence-electron chi connectivity index (χ1n) is 8.75. The molecule has 0 aliphatic heterocycles. The van der Waals surface area contributed by atoms with Crippen LogP contribution in [0.4, 0.5) is 0 Å². The van der Waals surface area contributed by atoms with Crippen LogP contribution >= 0.6 is 11.8 Å². The molecule has 22 heavy (non-hydrogen) atoms. The van der Waals surface area contributed by atoms with Crippen molar-refractivity contribution in [3.63, 3.8) is 0 Å². The van der Waals surface area contributed by atoms with E-state index in [4.69, 9.17) is 0 Å². The van der Waals surface area contributed by atoms with Crippen LogP contribution in [-0.2, 0) is 17.6 Å². The highest BCUT2D eigenvalue weighted by Crippen LogP contribution is 2.29. The molecule has 1 aromatic rings. The first kappa shape index (κ1) is 15.9. The number of amides is 1. The van der Waals surface area contributed by atoms with E-state index in [2.05, 4.69) is 30.4 Å². The molecule has 0 unspecified atom stereocenters. The van der Waals surface area contributed by atoms with Crippen LogP contribution in [-0.4, -0.2) is 16.9 Å². The molecule has 120 valence electrons. The van der Waals surface area contributed by atoms with Crippen LogP contribution in [0.3, 0.4) is 0 Å². The fourth-order valence-electron chi connectivity index (χ4n) is 3.64. The summed E-state index contributed by atoms with van der Waals surface area (Å²) in [5, 5.41) is 3.88. The largest absolute Gasteiger partial charge is 0.349 e. The van der Waals surface area contributed by atoms with Gasteiger partial charge in [-0.05, 0) is 62.1 Å². The number of carbonyl (C=O) groups is 1. The number of rotatable bonds is 5. The summed E-state index contributed by atoms with van der Waals surface area (Å²) in [5.41, 5.74) is 4.25. The second-order valence-corrected chi connectivity index (χ2v) is 8.03. The Hall–Kier alpha value is -0.960. The lowest BCUT2D eigenvalue weighted by Crippen LogP contribution is -2.29. The van der Waals surface area contributed by atoms with Crippen LogP contribution in [0, 0.1) is 0 Å². The van der Waals surface area contributed by atoms with Crippen molar-refractivity contribution >= 4 is 17.7 Å². The normalized spacial score (nSPS) is 19.7. The standard InChI is InChI=1S/C19H27NOS/c1-14(20-19(21)13-22-18-8-4-5-9-18)16-11-10-15-6-2-3-7-17(15)12-16/h10-12,14,18H,2-9,13H2,1H3,(H,20,21)/t14-/m0/s1. The summed E-state index contributed by atoms with van der Waals surface area (Å²) in [7, 11) is 0. The van der Waals surface area contributed by atoms with E-state index in [1.165, 1.54) is 68.1 Å². The second kappa shape index (κ2) is 7.54. The Morgan fingerprint density at radius 1 is 1.18 bits per heavy atom. The quantitative estimate of drug-likeness (QED) is 0.871. The van der Waals surface area contributed by atoms with Crippen LogP contribution in [0.2, 0.25) is 0 Å². The number of carbonyl (C=O) groups excluding carboxylic acids is 1. The molecule has 0 heterocycles. The van der Waals surface area contributed by atoms with Gasteiger partial charge in [-0.3, -0.25) is 4.79 Å². The molecule has 0 radical (unpaired) electrons. The number of hydrogen-bond donors (Lipinski definition) is 1. The van der Waals surface area contributed by atoms with Crippen LogP contribution in [0.25, 0.3) is 0 Å². The van der Waals surface area contributed by atoms with Gasteiger partial charge in [0.2, 0.25) is 5.91 Å². The molecule has 0 aromatic heterocycles. The van der Waals surface area contributed by atoms with E-state index < -0.39 is 0 Å². The SMILES string of the molecule is C[C@H](NC(=O)CSC1CCCC1)c1ccc2c(c1)CCCC2. The molecular formula is C19H27NOS. The van der Waals surface area contributed by atoms with Gasteiger partial charge in [0.05, 0.1) is 11.8 Å². The molecule has 1 fully saturated rings. The lowest BCUT2D eigenvalue weighted by molar-refractivity contribution is -0.119. The van der Waals surface area contributed by atoms with E-state index in [9.17, 15) is 4.79 Å². The summed E-state index contributed by atoms with van der Waals surface area (Å²) >= 11 is 1.84. The van der Waals surface area contributed by atoms with E-state index in [1.54, 1.807) is 0 Å². The van der Waals surface area contributed by atoms with Crippen molar-refractivity contribution in [2.45, 2.75) is 69.6 Å². The van der Waals surface area contributed by atoms with Gasteiger partial charge in [0.25, 0.3) is 0 Å². The topological polar surface area (TPSA) is 29.1 Å². The fraction of sp³-hybridized carbons (Fsp3) is 0.632. The molecule has 2 nitrogen and oxygen atoms in total. The highest BCUT2D eigenvalue weighted by atomic mass is 32.2. The minimum atomic E-state index is 0.115. The Labute approximate surface area is 138 Å². The molecule has 1 N–H and O–H groups in total. The van der Waals surface area contributed by atoms with Gasteiger partial charge < -0.3 is 5.32 Å². The van der Waals surface area contributed by atoms with Gasteiger partial charge in [-0.15, -0.1) is 11.8 Å². The minimum absolute atomic E-state index is 0.115. The van der Waals surface area contributed by atoms with Crippen molar-refractivity contribution < 1.29 is 4.79 Å². The van der Waals surface area contributed by atoms with Crippen LogP contribution in [0.1, 0.15) is 68.2 Å². The molecule has 2 aliphatic rings. The third-order valence-corrected chi connectivity index (χ3v) is 6.37. The van der Waals surface area contributed by atoms with Crippen molar-refractivity contribution in [3.05, 3.63) is 34.9 Å². The summed E-state index contributed by atoms with van der Waals surface area (Å²) < 4.78 is 0. The molecule has 1 atom stereocenters. The third kappa shape index (κ3) is 4.07. The molecule has 3 heteroatoms. The predicted octanol–water partition coefficient (Wildman–Crippen LogP) is 4.42. The summed E-state index contributed by atoms with van der Waals surface area (Å²) in [6.07, 6.45) is 10.3. The fourth-order valence-corrected chi connectivity index (χ4v) is 4.77. The molecule has 1 aromatic carbocycles. The van der Waals surface area contributed by atoms with Crippen molar-refractivity contribution in [2.24, 2.45) is 0 Å². The minimum Gasteiger partial charge on any atom is -0.349 e. The first-order valence-corrected chi connectivity index (χ1v) is 9.80. The summed E-state index contributed by atoms with van der Waals surface area (Å²) in [5.74, 6) is 0.794. The van der Waals surface area contributed by atoms with Crippen LogP contribution < -0.4 is 5.32 Å². The lowest BCUT2D eigenvalue weighted by Gasteiger charge is -2.20. The Balaban J connectivity index is 1.52. The zero-order valence-corrected chi connectivity index (χ0v) is 14.4. The highest BCUT2D eigenvalue weighted by molar-refractivity contribution is 8.00. The third-order valence-electron chi connectivity index (χ3n) is 5.00. The Bertz CT molecular complexity index is 522. The highest BCUT2D eigenvalue weighted by Gasteiger charge is 2.18. The summed E-state index contributed by atoms with van der Waals surface area (Å²) in [6, 6.07) is 6.88. The second-order valence-electron chi connectivity index (χ2n) is 6.74. The number of benzene rings is 1. The number of hydrogen-bond acceptors (Lipinski definition) is 2. The van der Waals surface area contributed by atoms with Gasteiger partial charge >= 0.3 is 0 Å². The maximum Gasteiger partial charge on any atom is 0.230 e. The zero-order chi connectivity index (χ0) is 15.4. The smallest absolute Gasteiger partial charge is 0.230 e. The van der Waals surface area contributed by atoms with Crippen molar-refractivity contribution in [1.29, 1.82) is 0 Å². The molecule has 1 saturated carbocycles. The molecule has 0 saturated heterocycles. The average Bonchev–Trinajstić information content (AvgIpc) is 3.06. The van der Waals surface area contributed by atoms with Gasteiger partial charge in [-0.2, -0.15) is 0 Å². The summed E-state index contributed by atoms with van der Waals surface area (Å²) in [4.78, 5) is 12.1. The van der Waals surface area contributed by atoms with Crippen molar-refractivity contribution in [2.75, 3.05) is 5.75 Å². The summed E-state index contributed by atoms with van der Waals surface area (Å²) in [6.45, 7) is 2.10. The molecule has 0 bridgehead atoms. The van der Waals surface area contributed by atoms with Crippen LogP contribution in [0.15, 0.2) is 18.2 Å². The van der Waals surface area contributed by atoms with Gasteiger partial charge in [0, 0.05) is 5.25 Å². The Morgan fingerprint density at radius 2 is 1.91 bits per heavy atom. The van der Waals surface area contributed by atoms with Gasteiger partial charge in [0.15, 0.2) is 0 Å². The maximum absolute atomic E-state index is 12.1.